The highest BCUT2D eigenvalue weighted by Gasteiger charge is 2.11. The molecule has 0 saturated heterocycles. The van der Waals surface area contributed by atoms with Gasteiger partial charge in [-0.2, -0.15) is 0 Å². The minimum Gasteiger partial charge on any atom is -0.397 e. The van der Waals surface area contributed by atoms with Crippen molar-refractivity contribution in [2.45, 2.75) is 6.92 Å². The SMILES string of the molecule is Cc1ccc(Nc2ccc(C(=O)N(C)C)cc2N)c(F)c1. The highest BCUT2D eigenvalue weighted by molar-refractivity contribution is 5.96. The second-order valence-electron chi connectivity index (χ2n) is 5.11. The lowest BCUT2D eigenvalue weighted by molar-refractivity contribution is 0.0827. The summed E-state index contributed by atoms with van der Waals surface area (Å²) >= 11 is 0. The van der Waals surface area contributed by atoms with E-state index >= 15 is 0 Å². The molecule has 4 nitrogen and oxygen atoms in total. The molecule has 0 saturated carbocycles. The van der Waals surface area contributed by atoms with Gasteiger partial charge in [0.25, 0.3) is 5.91 Å². The number of nitrogen functional groups attached to an aromatic ring is 1. The number of anilines is 3. The number of nitrogens with zero attached hydrogens (tertiary/aromatic N) is 1. The first-order valence-corrected chi connectivity index (χ1v) is 6.53. The first-order valence-electron chi connectivity index (χ1n) is 6.53. The summed E-state index contributed by atoms with van der Waals surface area (Å²) in [6, 6.07) is 9.83. The lowest BCUT2D eigenvalue weighted by Gasteiger charge is -2.14. The fraction of sp³-hybridized carbons (Fsp3) is 0.188. The van der Waals surface area contributed by atoms with Crippen molar-refractivity contribution < 1.29 is 9.18 Å². The maximum atomic E-state index is 13.8. The smallest absolute Gasteiger partial charge is 0.253 e. The summed E-state index contributed by atoms with van der Waals surface area (Å²) in [7, 11) is 3.35. The van der Waals surface area contributed by atoms with Crippen LogP contribution < -0.4 is 11.1 Å². The molecule has 0 spiro atoms. The quantitative estimate of drug-likeness (QED) is 0.853. The average Bonchev–Trinajstić information content (AvgIpc) is 2.42. The number of nitrogens with one attached hydrogen (secondary N) is 1. The molecule has 110 valence electrons. The maximum absolute atomic E-state index is 13.8. The number of amides is 1. The summed E-state index contributed by atoms with van der Waals surface area (Å²) in [6.45, 7) is 1.82. The fourth-order valence-corrected chi connectivity index (χ4v) is 1.93. The molecule has 0 aliphatic rings. The molecule has 0 heterocycles. The Morgan fingerprint density at radius 3 is 2.38 bits per heavy atom. The predicted octanol–water partition coefficient (Wildman–Crippen LogP) is 3.16. The molecule has 3 N–H and O–H groups in total. The van der Waals surface area contributed by atoms with E-state index in [9.17, 15) is 9.18 Å². The third-order valence-electron chi connectivity index (χ3n) is 3.10. The molecule has 0 unspecified atom stereocenters. The molecule has 0 aliphatic carbocycles. The van der Waals surface area contributed by atoms with E-state index in [0.29, 0.717) is 22.6 Å². The Morgan fingerprint density at radius 1 is 1.14 bits per heavy atom. The summed E-state index contributed by atoms with van der Waals surface area (Å²) in [6.07, 6.45) is 0. The summed E-state index contributed by atoms with van der Waals surface area (Å²) < 4.78 is 13.8. The van der Waals surface area contributed by atoms with E-state index < -0.39 is 0 Å². The largest absolute Gasteiger partial charge is 0.397 e. The molecule has 2 aromatic rings. The normalized spacial score (nSPS) is 10.3. The van der Waals surface area contributed by atoms with Crippen molar-refractivity contribution in [2.24, 2.45) is 0 Å². The van der Waals surface area contributed by atoms with Crippen molar-refractivity contribution in [3.63, 3.8) is 0 Å². The van der Waals surface area contributed by atoms with Gasteiger partial charge < -0.3 is 16.0 Å². The van der Waals surface area contributed by atoms with Gasteiger partial charge in [-0.25, -0.2) is 4.39 Å². The van der Waals surface area contributed by atoms with Gasteiger partial charge in [0, 0.05) is 19.7 Å². The lowest BCUT2D eigenvalue weighted by atomic mass is 10.1. The van der Waals surface area contributed by atoms with E-state index in [2.05, 4.69) is 5.32 Å². The number of aryl methyl sites for hydroxylation is 1. The van der Waals surface area contributed by atoms with Crippen LogP contribution in [0.1, 0.15) is 15.9 Å². The molecular weight excluding hydrogens is 269 g/mol. The van der Waals surface area contributed by atoms with Gasteiger partial charge in [-0.05, 0) is 42.8 Å². The van der Waals surface area contributed by atoms with Crippen molar-refractivity contribution in [1.82, 2.24) is 4.90 Å². The van der Waals surface area contributed by atoms with Crippen molar-refractivity contribution >= 4 is 23.0 Å². The van der Waals surface area contributed by atoms with Crippen LogP contribution in [0.25, 0.3) is 0 Å². The van der Waals surface area contributed by atoms with Gasteiger partial charge in [-0.1, -0.05) is 6.07 Å². The second kappa shape index (κ2) is 5.83. The minimum atomic E-state index is -0.345. The highest BCUT2D eigenvalue weighted by Crippen LogP contribution is 2.26. The van der Waals surface area contributed by atoms with Crippen LogP contribution in [-0.4, -0.2) is 24.9 Å². The second-order valence-corrected chi connectivity index (χ2v) is 5.11. The van der Waals surface area contributed by atoms with E-state index in [1.807, 2.05) is 13.0 Å². The number of benzene rings is 2. The Bertz CT molecular complexity index is 683. The molecular formula is C16H18FN3O. The molecule has 0 atom stereocenters. The van der Waals surface area contributed by atoms with Crippen LogP contribution in [0, 0.1) is 12.7 Å². The van der Waals surface area contributed by atoms with Crippen molar-refractivity contribution in [2.75, 3.05) is 25.1 Å². The van der Waals surface area contributed by atoms with Gasteiger partial charge in [-0.15, -0.1) is 0 Å². The number of hydrogen-bond donors (Lipinski definition) is 2. The number of nitrogens with two attached hydrogens (primary N) is 1. The summed E-state index contributed by atoms with van der Waals surface area (Å²) in [5.41, 5.74) is 8.57. The van der Waals surface area contributed by atoms with Crippen LogP contribution in [-0.2, 0) is 0 Å². The Hall–Kier alpha value is -2.56. The zero-order valence-corrected chi connectivity index (χ0v) is 12.3. The predicted molar refractivity (Wildman–Crippen MR) is 83.3 cm³/mol. The van der Waals surface area contributed by atoms with Gasteiger partial charge in [0.15, 0.2) is 0 Å². The molecule has 21 heavy (non-hydrogen) atoms. The first-order chi connectivity index (χ1) is 9.88. The number of carbonyl (C=O) groups excluding carboxylic acids is 1. The van der Waals surface area contributed by atoms with Crippen LogP contribution in [0.2, 0.25) is 0 Å². The van der Waals surface area contributed by atoms with Crippen molar-refractivity contribution in [1.29, 1.82) is 0 Å². The molecule has 2 rings (SSSR count). The minimum absolute atomic E-state index is 0.130. The number of halogens is 1. The number of hydrogen-bond acceptors (Lipinski definition) is 3. The molecule has 2 aromatic carbocycles. The zero-order valence-electron chi connectivity index (χ0n) is 12.3. The molecule has 0 aliphatic heterocycles. The van der Waals surface area contributed by atoms with E-state index in [1.54, 1.807) is 38.4 Å². The fourth-order valence-electron chi connectivity index (χ4n) is 1.93. The Morgan fingerprint density at radius 2 is 1.81 bits per heavy atom. The maximum Gasteiger partial charge on any atom is 0.253 e. The zero-order chi connectivity index (χ0) is 15.6. The standard InChI is InChI=1S/C16H18FN3O/c1-10-4-6-14(12(17)8-10)19-15-7-5-11(9-13(15)18)16(21)20(2)3/h4-9,19H,18H2,1-3H3. The highest BCUT2D eigenvalue weighted by atomic mass is 19.1. The van der Waals surface area contributed by atoms with Crippen molar-refractivity contribution in [3.8, 4) is 0 Å². The van der Waals surface area contributed by atoms with Gasteiger partial charge in [0.2, 0.25) is 0 Å². The molecule has 5 heteroatoms. The van der Waals surface area contributed by atoms with Crippen LogP contribution >= 0.6 is 0 Å². The van der Waals surface area contributed by atoms with E-state index in [1.165, 1.54) is 11.0 Å². The van der Waals surface area contributed by atoms with Crippen molar-refractivity contribution in [3.05, 3.63) is 53.3 Å². The molecule has 0 bridgehead atoms. The van der Waals surface area contributed by atoms with Crippen LogP contribution in [0.15, 0.2) is 36.4 Å². The van der Waals surface area contributed by atoms with Crippen LogP contribution in [0.4, 0.5) is 21.5 Å². The Labute approximate surface area is 123 Å². The molecule has 0 fully saturated rings. The van der Waals surface area contributed by atoms with E-state index in [-0.39, 0.29) is 11.7 Å². The molecule has 1 amide bonds. The lowest BCUT2D eigenvalue weighted by Crippen LogP contribution is -2.21. The van der Waals surface area contributed by atoms with Crippen LogP contribution in [0.5, 0.6) is 0 Å². The van der Waals surface area contributed by atoms with Crippen LogP contribution in [0.3, 0.4) is 0 Å². The van der Waals surface area contributed by atoms with E-state index in [4.69, 9.17) is 5.73 Å². The average molecular weight is 287 g/mol. The number of rotatable bonds is 3. The third kappa shape index (κ3) is 3.31. The van der Waals surface area contributed by atoms with Gasteiger partial charge in [0.05, 0.1) is 17.1 Å². The topological polar surface area (TPSA) is 58.4 Å². The van der Waals surface area contributed by atoms with Gasteiger partial charge in [0.1, 0.15) is 5.82 Å². The van der Waals surface area contributed by atoms with E-state index in [0.717, 1.165) is 5.56 Å². The Balaban J connectivity index is 2.27. The Kier molecular flexibility index (Phi) is 4.12. The van der Waals surface area contributed by atoms with Gasteiger partial charge >= 0.3 is 0 Å². The summed E-state index contributed by atoms with van der Waals surface area (Å²) in [5.74, 6) is -0.474. The third-order valence-corrected chi connectivity index (χ3v) is 3.10. The molecule has 0 aromatic heterocycles. The summed E-state index contributed by atoms with van der Waals surface area (Å²) in [4.78, 5) is 13.3. The first kappa shape index (κ1) is 14.8. The summed E-state index contributed by atoms with van der Waals surface area (Å²) in [5, 5.41) is 2.94. The number of carbonyl (C=O) groups is 1. The molecule has 0 radical (unpaired) electrons. The monoisotopic (exact) mass is 287 g/mol. The van der Waals surface area contributed by atoms with Gasteiger partial charge in [-0.3, -0.25) is 4.79 Å².